The summed E-state index contributed by atoms with van der Waals surface area (Å²) in [5.74, 6) is -1.17. The number of hydrogen-bond acceptors (Lipinski definition) is 3. The van der Waals surface area contributed by atoms with Crippen LogP contribution in [0.4, 0.5) is 11.4 Å². The van der Waals surface area contributed by atoms with Gasteiger partial charge in [-0.1, -0.05) is 36.7 Å². The maximum Gasteiger partial charge on any atom is 0.255 e. The molecule has 29 heavy (non-hydrogen) atoms. The van der Waals surface area contributed by atoms with Crippen LogP contribution in [0.1, 0.15) is 29.3 Å². The highest BCUT2D eigenvalue weighted by Crippen LogP contribution is 2.40. The number of imide groups is 1. The summed E-state index contributed by atoms with van der Waals surface area (Å²) in [6.07, 6.45) is 4.57. The Labute approximate surface area is 174 Å². The zero-order chi connectivity index (χ0) is 20.7. The molecule has 0 unspecified atom stereocenters. The van der Waals surface area contributed by atoms with Crippen LogP contribution in [-0.2, 0) is 9.59 Å². The standard InChI is InChI=1S/C23H21ClN2O3/c1-13-6-9-16(24)12-19(13)25-21(27)15-7-10-17(11-8-15)26-22(28)18-5-3-4-14(2)20(18)23(26)29/h3-4,6-12,14,18,20H,5H2,1-2H3,(H,25,27)/t14-,18+,20-/m0/s1. The minimum Gasteiger partial charge on any atom is -0.322 e. The molecule has 0 saturated carbocycles. The number of benzene rings is 2. The average molecular weight is 409 g/mol. The van der Waals surface area contributed by atoms with Crippen LogP contribution in [0.2, 0.25) is 5.02 Å². The van der Waals surface area contributed by atoms with Crippen molar-refractivity contribution < 1.29 is 14.4 Å². The number of fused-ring (bicyclic) bond motifs is 1. The van der Waals surface area contributed by atoms with Gasteiger partial charge in [0.25, 0.3) is 5.91 Å². The zero-order valence-corrected chi connectivity index (χ0v) is 16.9. The number of nitrogens with one attached hydrogen (secondary N) is 1. The molecule has 5 nitrogen and oxygen atoms in total. The molecule has 3 amide bonds. The monoisotopic (exact) mass is 408 g/mol. The Bertz CT molecular complexity index is 1030. The highest BCUT2D eigenvalue weighted by atomic mass is 35.5. The van der Waals surface area contributed by atoms with Crippen LogP contribution in [-0.4, -0.2) is 17.7 Å². The van der Waals surface area contributed by atoms with Crippen LogP contribution in [0.5, 0.6) is 0 Å². The lowest BCUT2D eigenvalue weighted by Gasteiger charge is -2.22. The van der Waals surface area contributed by atoms with Gasteiger partial charge in [0.1, 0.15) is 0 Å². The second-order valence-electron chi connectivity index (χ2n) is 7.63. The van der Waals surface area contributed by atoms with Crippen LogP contribution in [0, 0.1) is 24.7 Å². The van der Waals surface area contributed by atoms with E-state index in [1.54, 1.807) is 36.4 Å². The van der Waals surface area contributed by atoms with Gasteiger partial charge < -0.3 is 5.32 Å². The second kappa shape index (κ2) is 7.48. The Hall–Kier alpha value is -2.92. The molecule has 1 N–H and O–H groups in total. The van der Waals surface area contributed by atoms with Crippen molar-refractivity contribution in [2.75, 3.05) is 10.2 Å². The van der Waals surface area contributed by atoms with E-state index in [1.165, 1.54) is 4.90 Å². The first-order chi connectivity index (χ1) is 13.9. The van der Waals surface area contributed by atoms with Gasteiger partial charge in [0.05, 0.1) is 17.5 Å². The van der Waals surface area contributed by atoms with Gasteiger partial charge in [0.2, 0.25) is 11.8 Å². The van der Waals surface area contributed by atoms with Gasteiger partial charge in [-0.15, -0.1) is 0 Å². The average Bonchev–Trinajstić information content (AvgIpc) is 2.96. The Morgan fingerprint density at radius 3 is 2.52 bits per heavy atom. The highest BCUT2D eigenvalue weighted by Gasteiger charge is 2.50. The summed E-state index contributed by atoms with van der Waals surface area (Å²) in [6, 6.07) is 11.8. The van der Waals surface area contributed by atoms with Gasteiger partial charge in [0.15, 0.2) is 0 Å². The lowest BCUT2D eigenvalue weighted by atomic mass is 9.78. The normalized spacial score (nSPS) is 23.3. The third-order valence-corrected chi connectivity index (χ3v) is 5.94. The quantitative estimate of drug-likeness (QED) is 0.596. The third-order valence-electron chi connectivity index (χ3n) is 5.71. The molecule has 1 heterocycles. The van der Waals surface area contributed by atoms with Gasteiger partial charge >= 0.3 is 0 Å². The fraction of sp³-hybridized carbons (Fsp3) is 0.261. The van der Waals surface area contributed by atoms with Crippen molar-refractivity contribution in [3.63, 3.8) is 0 Å². The first-order valence-corrected chi connectivity index (χ1v) is 9.96. The number of amides is 3. The van der Waals surface area contributed by atoms with E-state index in [9.17, 15) is 14.4 Å². The summed E-state index contributed by atoms with van der Waals surface area (Å²) in [7, 11) is 0. The predicted molar refractivity (Wildman–Crippen MR) is 113 cm³/mol. The molecule has 2 aromatic carbocycles. The molecular weight excluding hydrogens is 388 g/mol. The van der Waals surface area contributed by atoms with Crippen LogP contribution in [0.3, 0.4) is 0 Å². The molecule has 0 radical (unpaired) electrons. The lowest BCUT2D eigenvalue weighted by molar-refractivity contribution is -0.122. The molecule has 6 heteroatoms. The number of aryl methyl sites for hydroxylation is 1. The van der Waals surface area contributed by atoms with E-state index < -0.39 is 0 Å². The summed E-state index contributed by atoms with van der Waals surface area (Å²) in [4.78, 5) is 39.5. The van der Waals surface area contributed by atoms with Gasteiger partial charge in [-0.25, -0.2) is 0 Å². The molecule has 3 atom stereocenters. The second-order valence-corrected chi connectivity index (χ2v) is 8.06. The van der Waals surface area contributed by atoms with Gasteiger partial charge in [-0.3, -0.25) is 19.3 Å². The molecule has 0 bridgehead atoms. The number of nitrogens with zero attached hydrogens (tertiary/aromatic N) is 1. The van der Waals surface area contributed by atoms with E-state index in [4.69, 9.17) is 11.6 Å². The molecule has 2 aliphatic rings. The molecule has 1 saturated heterocycles. The third kappa shape index (κ3) is 3.47. The molecule has 0 aromatic heterocycles. The van der Waals surface area contributed by atoms with Gasteiger partial charge in [-0.2, -0.15) is 0 Å². The largest absolute Gasteiger partial charge is 0.322 e. The van der Waals surface area contributed by atoms with Crippen LogP contribution in [0.25, 0.3) is 0 Å². The molecule has 0 spiro atoms. The zero-order valence-electron chi connectivity index (χ0n) is 16.2. The summed E-state index contributed by atoms with van der Waals surface area (Å²) in [6.45, 7) is 3.85. The number of halogens is 1. The first kappa shape index (κ1) is 19.4. The maximum atomic E-state index is 12.9. The van der Waals surface area contributed by atoms with Crippen molar-refractivity contribution in [2.24, 2.45) is 17.8 Å². The van der Waals surface area contributed by atoms with Crippen molar-refractivity contribution in [1.82, 2.24) is 0 Å². The molecule has 2 aromatic rings. The SMILES string of the molecule is Cc1ccc(Cl)cc1NC(=O)c1ccc(N2C(=O)[C@H]3[C@@H](C)C=CC[C@H]3C2=O)cc1. The summed E-state index contributed by atoms with van der Waals surface area (Å²) in [5.41, 5.74) is 2.47. The van der Waals surface area contributed by atoms with E-state index in [1.807, 2.05) is 32.1 Å². The fourth-order valence-electron chi connectivity index (χ4n) is 4.09. The number of allylic oxidation sites excluding steroid dienone is 2. The Kier molecular flexibility index (Phi) is 5.01. The van der Waals surface area contributed by atoms with Crippen molar-refractivity contribution in [3.8, 4) is 0 Å². The molecule has 148 valence electrons. The number of carbonyl (C=O) groups excluding carboxylic acids is 3. The van der Waals surface area contributed by atoms with E-state index in [0.29, 0.717) is 28.4 Å². The molecule has 1 fully saturated rings. The number of hydrogen-bond donors (Lipinski definition) is 1. The van der Waals surface area contributed by atoms with E-state index in [2.05, 4.69) is 5.32 Å². The Morgan fingerprint density at radius 1 is 1.10 bits per heavy atom. The van der Waals surface area contributed by atoms with E-state index in [-0.39, 0.29) is 35.5 Å². The molecule has 1 aliphatic carbocycles. The molecular formula is C23H21ClN2O3. The van der Waals surface area contributed by atoms with Gasteiger partial charge in [0, 0.05) is 16.3 Å². The fourth-order valence-corrected chi connectivity index (χ4v) is 4.26. The maximum absolute atomic E-state index is 12.9. The number of anilines is 2. The van der Waals surface area contributed by atoms with Crippen LogP contribution < -0.4 is 10.2 Å². The Morgan fingerprint density at radius 2 is 1.83 bits per heavy atom. The lowest BCUT2D eigenvalue weighted by Crippen LogP contribution is -2.31. The van der Waals surface area contributed by atoms with E-state index >= 15 is 0 Å². The minimum atomic E-state index is -0.304. The van der Waals surface area contributed by atoms with Gasteiger partial charge in [-0.05, 0) is 61.2 Å². The highest BCUT2D eigenvalue weighted by molar-refractivity contribution is 6.31. The number of rotatable bonds is 3. The minimum absolute atomic E-state index is 0.0428. The van der Waals surface area contributed by atoms with Crippen molar-refractivity contribution in [3.05, 3.63) is 70.8 Å². The topological polar surface area (TPSA) is 66.5 Å². The summed E-state index contributed by atoms with van der Waals surface area (Å²) >= 11 is 6.00. The Balaban J connectivity index is 1.54. The summed E-state index contributed by atoms with van der Waals surface area (Å²) < 4.78 is 0. The van der Waals surface area contributed by atoms with Crippen molar-refractivity contribution in [1.29, 1.82) is 0 Å². The van der Waals surface area contributed by atoms with E-state index in [0.717, 1.165) is 5.56 Å². The number of carbonyl (C=O) groups is 3. The predicted octanol–water partition coefficient (Wildman–Crippen LogP) is 4.60. The van der Waals surface area contributed by atoms with Crippen molar-refractivity contribution >= 4 is 40.7 Å². The van der Waals surface area contributed by atoms with Crippen LogP contribution in [0.15, 0.2) is 54.6 Å². The van der Waals surface area contributed by atoms with Crippen LogP contribution >= 0.6 is 11.6 Å². The molecule has 4 rings (SSSR count). The first-order valence-electron chi connectivity index (χ1n) is 9.59. The van der Waals surface area contributed by atoms with Crippen molar-refractivity contribution in [2.45, 2.75) is 20.3 Å². The summed E-state index contributed by atoms with van der Waals surface area (Å²) in [5, 5.41) is 3.38. The molecule has 1 aliphatic heterocycles. The smallest absolute Gasteiger partial charge is 0.255 e.